The molecule has 0 bridgehead atoms. The van der Waals surface area contributed by atoms with Crippen molar-refractivity contribution in [3.63, 3.8) is 0 Å². The van der Waals surface area contributed by atoms with Gasteiger partial charge in [-0.3, -0.25) is 9.59 Å². The molecule has 0 aromatic heterocycles. The highest BCUT2D eigenvalue weighted by atomic mass is 19.4. The SMILES string of the molecule is CCC(=O)Nc1ccc(NC(=O)CNCC(F)(F)F)cc1. The number of alkyl halides is 3. The predicted molar refractivity (Wildman–Crippen MR) is 72.9 cm³/mol. The number of carbonyl (C=O) groups excluding carboxylic acids is 2. The zero-order valence-electron chi connectivity index (χ0n) is 11.4. The Morgan fingerprint density at radius 3 is 1.90 bits per heavy atom. The lowest BCUT2D eigenvalue weighted by atomic mass is 10.2. The molecular weight excluding hydrogens is 287 g/mol. The van der Waals surface area contributed by atoms with Gasteiger partial charge in [0.1, 0.15) is 0 Å². The van der Waals surface area contributed by atoms with Crippen LogP contribution in [-0.2, 0) is 9.59 Å². The molecule has 0 atom stereocenters. The van der Waals surface area contributed by atoms with Crippen molar-refractivity contribution in [2.75, 3.05) is 23.7 Å². The highest BCUT2D eigenvalue weighted by molar-refractivity contribution is 5.93. The van der Waals surface area contributed by atoms with E-state index in [1.54, 1.807) is 31.2 Å². The molecule has 8 heteroatoms. The van der Waals surface area contributed by atoms with Crippen molar-refractivity contribution < 1.29 is 22.8 Å². The first kappa shape index (κ1) is 17.0. The quantitative estimate of drug-likeness (QED) is 0.754. The summed E-state index contributed by atoms with van der Waals surface area (Å²) in [6, 6.07) is 6.28. The Hall–Kier alpha value is -2.09. The summed E-state index contributed by atoms with van der Waals surface area (Å²) >= 11 is 0. The fourth-order valence-electron chi connectivity index (χ4n) is 1.41. The zero-order chi connectivity index (χ0) is 15.9. The first-order valence-electron chi connectivity index (χ1n) is 6.27. The maximum atomic E-state index is 11.9. The van der Waals surface area contributed by atoms with E-state index in [1.165, 1.54) is 0 Å². The van der Waals surface area contributed by atoms with Crippen molar-refractivity contribution in [2.24, 2.45) is 0 Å². The number of halogens is 3. The molecule has 116 valence electrons. The van der Waals surface area contributed by atoms with Crippen LogP contribution in [0.25, 0.3) is 0 Å². The van der Waals surface area contributed by atoms with E-state index in [0.29, 0.717) is 17.8 Å². The second-order valence-electron chi connectivity index (χ2n) is 4.25. The predicted octanol–water partition coefficient (Wildman–Crippen LogP) is 2.13. The van der Waals surface area contributed by atoms with E-state index in [2.05, 4.69) is 10.6 Å². The molecule has 3 N–H and O–H groups in total. The van der Waals surface area contributed by atoms with Gasteiger partial charge < -0.3 is 16.0 Å². The molecule has 2 amide bonds. The second kappa shape index (κ2) is 7.63. The van der Waals surface area contributed by atoms with Gasteiger partial charge in [0, 0.05) is 17.8 Å². The van der Waals surface area contributed by atoms with Crippen LogP contribution in [-0.4, -0.2) is 31.1 Å². The van der Waals surface area contributed by atoms with Crippen LogP contribution >= 0.6 is 0 Å². The van der Waals surface area contributed by atoms with Gasteiger partial charge in [0.2, 0.25) is 11.8 Å². The monoisotopic (exact) mass is 303 g/mol. The Balaban J connectivity index is 2.41. The number of benzene rings is 1. The molecule has 0 saturated carbocycles. The Morgan fingerprint density at radius 2 is 1.48 bits per heavy atom. The molecule has 1 aromatic rings. The topological polar surface area (TPSA) is 70.2 Å². The number of carbonyl (C=O) groups is 2. The van der Waals surface area contributed by atoms with Crippen LogP contribution in [0.1, 0.15) is 13.3 Å². The third-order valence-electron chi connectivity index (χ3n) is 2.38. The number of amides is 2. The summed E-state index contributed by atoms with van der Waals surface area (Å²) in [5.41, 5.74) is 1.01. The van der Waals surface area contributed by atoms with Gasteiger partial charge in [-0.15, -0.1) is 0 Å². The van der Waals surface area contributed by atoms with E-state index < -0.39 is 25.2 Å². The molecular formula is C13H16F3N3O2. The first-order chi connectivity index (χ1) is 9.80. The number of nitrogens with one attached hydrogen (secondary N) is 3. The van der Waals surface area contributed by atoms with Crippen LogP contribution in [0, 0.1) is 0 Å². The third-order valence-corrected chi connectivity index (χ3v) is 2.38. The Labute approximate surface area is 119 Å². The zero-order valence-corrected chi connectivity index (χ0v) is 11.4. The smallest absolute Gasteiger partial charge is 0.326 e. The van der Waals surface area contributed by atoms with Crippen molar-refractivity contribution in [3.8, 4) is 0 Å². The average molecular weight is 303 g/mol. The molecule has 0 unspecified atom stereocenters. The van der Waals surface area contributed by atoms with Gasteiger partial charge in [0.25, 0.3) is 0 Å². The summed E-state index contributed by atoms with van der Waals surface area (Å²) in [4.78, 5) is 22.6. The molecule has 5 nitrogen and oxygen atoms in total. The van der Waals surface area contributed by atoms with Crippen molar-refractivity contribution in [2.45, 2.75) is 19.5 Å². The number of rotatable bonds is 6. The van der Waals surface area contributed by atoms with E-state index in [1.807, 2.05) is 5.32 Å². The lowest BCUT2D eigenvalue weighted by molar-refractivity contribution is -0.127. The van der Waals surface area contributed by atoms with Gasteiger partial charge >= 0.3 is 6.18 Å². The number of hydrogen-bond donors (Lipinski definition) is 3. The van der Waals surface area contributed by atoms with E-state index in [-0.39, 0.29) is 5.91 Å². The van der Waals surface area contributed by atoms with Crippen molar-refractivity contribution in [1.29, 1.82) is 0 Å². The molecule has 0 aliphatic heterocycles. The maximum Gasteiger partial charge on any atom is 0.401 e. The van der Waals surface area contributed by atoms with Crippen molar-refractivity contribution in [3.05, 3.63) is 24.3 Å². The third kappa shape index (κ3) is 7.31. The first-order valence-corrected chi connectivity index (χ1v) is 6.27. The lowest BCUT2D eigenvalue weighted by Gasteiger charge is -2.09. The summed E-state index contributed by atoms with van der Waals surface area (Å²) in [6.07, 6.45) is -4.00. The van der Waals surface area contributed by atoms with E-state index in [9.17, 15) is 22.8 Å². The molecule has 1 aromatic carbocycles. The van der Waals surface area contributed by atoms with Gasteiger partial charge in [-0.25, -0.2) is 0 Å². The van der Waals surface area contributed by atoms with Gasteiger partial charge in [-0.1, -0.05) is 6.92 Å². The summed E-state index contributed by atoms with van der Waals surface area (Å²) in [5.74, 6) is -0.715. The molecule has 0 aliphatic carbocycles. The molecule has 1 rings (SSSR count). The van der Waals surface area contributed by atoms with Crippen LogP contribution in [0.15, 0.2) is 24.3 Å². The fraction of sp³-hybridized carbons (Fsp3) is 0.385. The van der Waals surface area contributed by atoms with E-state index in [0.717, 1.165) is 0 Å². The minimum absolute atomic E-state index is 0.136. The summed E-state index contributed by atoms with van der Waals surface area (Å²) < 4.78 is 35.6. The Morgan fingerprint density at radius 1 is 1.00 bits per heavy atom. The van der Waals surface area contributed by atoms with Gasteiger partial charge in [-0.2, -0.15) is 13.2 Å². The van der Waals surface area contributed by atoms with Gasteiger partial charge in [0.05, 0.1) is 13.1 Å². The maximum absolute atomic E-state index is 11.9. The van der Waals surface area contributed by atoms with Crippen LogP contribution < -0.4 is 16.0 Å². The molecule has 0 fully saturated rings. The molecule has 0 radical (unpaired) electrons. The Bertz CT molecular complexity index is 486. The summed E-state index contributed by atoms with van der Waals surface area (Å²) in [6.45, 7) is 0.0636. The molecule has 0 saturated heterocycles. The van der Waals surface area contributed by atoms with Crippen LogP contribution in [0.5, 0.6) is 0 Å². The van der Waals surface area contributed by atoms with Crippen LogP contribution in [0.4, 0.5) is 24.5 Å². The minimum Gasteiger partial charge on any atom is -0.326 e. The number of anilines is 2. The largest absolute Gasteiger partial charge is 0.401 e. The second-order valence-corrected chi connectivity index (χ2v) is 4.25. The number of hydrogen-bond acceptors (Lipinski definition) is 3. The average Bonchev–Trinajstić information content (AvgIpc) is 2.39. The van der Waals surface area contributed by atoms with E-state index >= 15 is 0 Å². The summed E-state index contributed by atoms with van der Waals surface area (Å²) in [5, 5.41) is 7.07. The van der Waals surface area contributed by atoms with Crippen LogP contribution in [0.2, 0.25) is 0 Å². The summed E-state index contributed by atoms with van der Waals surface area (Å²) in [7, 11) is 0. The van der Waals surface area contributed by atoms with Gasteiger partial charge in [0.15, 0.2) is 0 Å². The Kier molecular flexibility index (Phi) is 6.16. The normalized spacial score (nSPS) is 11.0. The highest BCUT2D eigenvalue weighted by Crippen LogP contribution is 2.14. The molecule has 0 spiro atoms. The molecule has 0 heterocycles. The fourth-order valence-corrected chi connectivity index (χ4v) is 1.41. The molecule has 21 heavy (non-hydrogen) atoms. The van der Waals surface area contributed by atoms with E-state index in [4.69, 9.17) is 0 Å². The minimum atomic E-state index is -4.35. The highest BCUT2D eigenvalue weighted by Gasteiger charge is 2.26. The van der Waals surface area contributed by atoms with Crippen LogP contribution in [0.3, 0.4) is 0 Å². The van der Waals surface area contributed by atoms with Crippen molar-refractivity contribution >= 4 is 23.2 Å². The molecule has 0 aliphatic rings. The van der Waals surface area contributed by atoms with Crippen molar-refractivity contribution in [1.82, 2.24) is 5.32 Å². The lowest BCUT2D eigenvalue weighted by Crippen LogP contribution is -2.35. The standard InChI is InChI=1S/C13H16F3N3O2/c1-2-11(20)18-9-3-5-10(6-4-9)19-12(21)7-17-8-13(14,15)16/h3-6,17H,2,7-8H2,1H3,(H,18,20)(H,19,21). The van der Waals surface area contributed by atoms with Gasteiger partial charge in [-0.05, 0) is 24.3 Å².